The van der Waals surface area contributed by atoms with Crippen molar-refractivity contribution in [1.82, 2.24) is 24.8 Å². The van der Waals surface area contributed by atoms with Crippen LogP contribution in [0.4, 0.5) is 17.5 Å². The minimum Gasteiger partial charge on any atom is -0.379 e. The lowest BCUT2D eigenvalue weighted by atomic mass is 10.3. The minimum atomic E-state index is 0.555. The van der Waals surface area contributed by atoms with Crippen LogP contribution in [0.25, 0.3) is 11.0 Å². The highest BCUT2D eigenvalue weighted by Crippen LogP contribution is 2.23. The lowest BCUT2D eigenvalue weighted by molar-refractivity contribution is 0.0398. The van der Waals surface area contributed by atoms with Gasteiger partial charge in [-0.15, -0.1) is 0 Å². The van der Waals surface area contributed by atoms with E-state index in [9.17, 15) is 0 Å². The Kier molecular flexibility index (Phi) is 5.57. The molecule has 4 rings (SSSR count). The van der Waals surface area contributed by atoms with Gasteiger partial charge in [-0.05, 0) is 18.2 Å². The first-order valence-corrected chi connectivity index (χ1v) is 9.20. The van der Waals surface area contributed by atoms with Gasteiger partial charge in [-0.3, -0.25) is 4.90 Å². The lowest BCUT2D eigenvalue weighted by Gasteiger charge is -2.26. The van der Waals surface area contributed by atoms with E-state index in [-0.39, 0.29) is 0 Å². The highest BCUT2D eigenvalue weighted by molar-refractivity contribution is 6.30. The van der Waals surface area contributed by atoms with Crippen molar-refractivity contribution in [3.63, 3.8) is 0 Å². The Morgan fingerprint density at radius 3 is 2.89 bits per heavy atom. The van der Waals surface area contributed by atoms with Gasteiger partial charge in [0, 0.05) is 36.9 Å². The molecule has 2 aromatic heterocycles. The molecule has 0 radical (unpaired) electrons. The van der Waals surface area contributed by atoms with E-state index in [0.29, 0.717) is 27.8 Å². The van der Waals surface area contributed by atoms with E-state index in [4.69, 9.17) is 16.3 Å². The van der Waals surface area contributed by atoms with E-state index in [1.54, 1.807) is 6.20 Å². The van der Waals surface area contributed by atoms with E-state index in [1.807, 2.05) is 24.3 Å². The quantitative estimate of drug-likeness (QED) is 0.669. The normalized spacial score (nSPS) is 15.0. The van der Waals surface area contributed by atoms with Gasteiger partial charge in [-0.25, -0.2) is 19.9 Å². The molecule has 1 fully saturated rings. The Morgan fingerprint density at radius 1 is 1.15 bits per heavy atom. The molecule has 8 nitrogen and oxygen atoms in total. The number of nitrogens with one attached hydrogen (secondary N) is 2. The Morgan fingerprint density at radius 2 is 2.04 bits per heavy atom. The van der Waals surface area contributed by atoms with E-state index in [0.717, 1.165) is 45.1 Å². The van der Waals surface area contributed by atoms with Crippen molar-refractivity contribution >= 4 is 40.1 Å². The highest BCUT2D eigenvalue weighted by atomic mass is 35.5. The van der Waals surface area contributed by atoms with Gasteiger partial charge in [0.25, 0.3) is 0 Å². The number of halogens is 1. The SMILES string of the molecule is Clc1cccc(Nc2ncnc3cnc(NCCN4CCOCC4)nc23)c1. The Balaban J connectivity index is 1.48. The maximum atomic E-state index is 6.06. The zero-order valence-corrected chi connectivity index (χ0v) is 15.5. The fraction of sp³-hybridized carbons (Fsp3) is 0.333. The Bertz CT molecular complexity index is 917. The molecule has 0 atom stereocenters. The van der Waals surface area contributed by atoms with E-state index in [2.05, 4.69) is 35.5 Å². The number of anilines is 3. The molecular formula is C18H20ClN7O. The lowest BCUT2D eigenvalue weighted by Crippen LogP contribution is -2.39. The van der Waals surface area contributed by atoms with Crippen LogP contribution in [0.1, 0.15) is 0 Å². The van der Waals surface area contributed by atoms with Crippen LogP contribution >= 0.6 is 11.6 Å². The molecule has 3 aromatic rings. The Labute approximate surface area is 162 Å². The number of fused-ring (bicyclic) bond motifs is 1. The third-order valence-electron chi connectivity index (χ3n) is 4.28. The molecule has 1 aliphatic heterocycles. The summed E-state index contributed by atoms with van der Waals surface area (Å²) >= 11 is 6.06. The second-order valence-corrected chi connectivity index (χ2v) is 6.60. The van der Waals surface area contributed by atoms with Crippen molar-refractivity contribution < 1.29 is 4.74 Å². The molecule has 1 aliphatic rings. The van der Waals surface area contributed by atoms with Crippen LogP contribution < -0.4 is 10.6 Å². The van der Waals surface area contributed by atoms with Gasteiger partial charge in [0.05, 0.1) is 19.4 Å². The van der Waals surface area contributed by atoms with Crippen LogP contribution in [0.3, 0.4) is 0 Å². The van der Waals surface area contributed by atoms with Crippen LogP contribution in [-0.2, 0) is 4.74 Å². The average Bonchev–Trinajstić information content (AvgIpc) is 2.69. The maximum absolute atomic E-state index is 6.06. The monoisotopic (exact) mass is 385 g/mol. The van der Waals surface area contributed by atoms with Crippen molar-refractivity contribution in [2.45, 2.75) is 0 Å². The Hall–Kier alpha value is -2.55. The van der Waals surface area contributed by atoms with Crippen molar-refractivity contribution in [2.75, 3.05) is 50.0 Å². The van der Waals surface area contributed by atoms with Crippen molar-refractivity contribution in [2.24, 2.45) is 0 Å². The summed E-state index contributed by atoms with van der Waals surface area (Å²) in [6, 6.07) is 7.45. The first-order valence-electron chi connectivity index (χ1n) is 8.82. The molecule has 0 bridgehead atoms. The summed E-state index contributed by atoms with van der Waals surface area (Å²) in [6.45, 7) is 5.19. The van der Waals surface area contributed by atoms with Gasteiger partial charge in [0.1, 0.15) is 17.4 Å². The zero-order valence-electron chi connectivity index (χ0n) is 14.7. The number of aromatic nitrogens is 4. The first kappa shape index (κ1) is 17.8. The largest absolute Gasteiger partial charge is 0.379 e. The van der Waals surface area contributed by atoms with Gasteiger partial charge in [0.2, 0.25) is 5.95 Å². The highest BCUT2D eigenvalue weighted by Gasteiger charge is 2.11. The molecule has 140 valence electrons. The van der Waals surface area contributed by atoms with E-state index in [1.165, 1.54) is 6.33 Å². The van der Waals surface area contributed by atoms with Crippen LogP contribution in [0.5, 0.6) is 0 Å². The summed E-state index contributed by atoms with van der Waals surface area (Å²) in [5.41, 5.74) is 2.16. The first-order chi connectivity index (χ1) is 13.3. The zero-order chi connectivity index (χ0) is 18.5. The van der Waals surface area contributed by atoms with Crippen LogP contribution in [-0.4, -0.2) is 64.2 Å². The molecule has 27 heavy (non-hydrogen) atoms. The molecule has 1 saturated heterocycles. The molecule has 0 unspecified atom stereocenters. The molecule has 1 aromatic carbocycles. The molecule has 0 saturated carbocycles. The summed E-state index contributed by atoms with van der Waals surface area (Å²) in [5.74, 6) is 1.17. The molecule has 3 heterocycles. The number of benzene rings is 1. The fourth-order valence-corrected chi connectivity index (χ4v) is 3.07. The van der Waals surface area contributed by atoms with Gasteiger partial charge in [0.15, 0.2) is 5.82 Å². The molecular weight excluding hydrogens is 366 g/mol. The number of hydrogen-bond acceptors (Lipinski definition) is 8. The number of rotatable bonds is 6. The third kappa shape index (κ3) is 4.60. The van der Waals surface area contributed by atoms with E-state index >= 15 is 0 Å². The summed E-state index contributed by atoms with van der Waals surface area (Å²) in [4.78, 5) is 19.9. The van der Waals surface area contributed by atoms with Crippen molar-refractivity contribution in [1.29, 1.82) is 0 Å². The third-order valence-corrected chi connectivity index (χ3v) is 4.51. The summed E-state index contributed by atoms with van der Waals surface area (Å²) in [6.07, 6.45) is 3.19. The van der Waals surface area contributed by atoms with Gasteiger partial charge in [-0.2, -0.15) is 0 Å². The van der Waals surface area contributed by atoms with E-state index < -0.39 is 0 Å². The summed E-state index contributed by atoms with van der Waals surface area (Å²) in [7, 11) is 0. The smallest absolute Gasteiger partial charge is 0.223 e. The van der Waals surface area contributed by atoms with Gasteiger partial charge < -0.3 is 15.4 Å². The number of ether oxygens (including phenoxy) is 1. The summed E-state index contributed by atoms with van der Waals surface area (Å²) < 4.78 is 5.37. The predicted molar refractivity (Wildman–Crippen MR) is 106 cm³/mol. The average molecular weight is 386 g/mol. The fourth-order valence-electron chi connectivity index (χ4n) is 2.88. The number of morpholine rings is 1. The van der Waals surface area contributed by atoms with Crippen LogP contribution in [0.15, 0.2) is 36.8 Å². The number of nitrogens with zero attached hydrogens (tertiary/aromatic N) is 5. The number of hydrogen-bond donors (Lipinski definition) is 2. The van der Waals surface area contributed by atoms with Crippen molar-refractivity contribution in [3.8, 4) is 0 Å². The summed E-state index contributed by atoms with van der Waals surface area (Å²) in [5, 5.41) is 7.17. The standard InChI is InChI=1S/C18H20ClN7O/c19-13-2-1-3-14(10-13)24-17-16-15(22-12-23-17)11-21-18(25-16)20-4-5-26-6-8-27-9-7-26/h1-3,10-12H,4-9H2,(H,20,21,25)(H,22,23,24). The van der Waals surface area contributed by atoms with Gasteiger partial charge >= 0.3 is 0 Å². The molecule has 0 spiro atoms. The molecule has 0 amide bonds. The molecule has 0 aliphatic carbocycles. The molecule has 2 N–H and O–H groups in total. The van der Waals surface area contributed by atoms with Crippen LogP contribution in [0.2, 0.25) is 5.02 Å². The van der Waals surface area contributed by atoms with Gasteiger partial charge in [-0.1, -0.05) is 17.7 Å². The second-order valence-electron chi connectivity index (χ2n) is 6.17. The van der Waals surface area contributed by atoms with Crippen LogP contribution in [0, 0.1) is 0 Å². The topological polar surface area (TPSA) is 88.1 Å². The second kappa shape index (κ2) is 8.43. The van der Waals surface area contributed by atoms with Crippen molar-refractivity contribution in [3.05, 3.63) is 41.8 Å². The maximum Gasteiger partial charge on any atom is 0.223 e. The predicted octanol–water partition coefficient (Wildman–Crippen LogP) is 2.56. The molecule has 9 heteroatoms. The minimum absolute atomic E-state index is 0.555.